The molecule has 1 saturated heterocycles. The fourth-order valence-electron chi connectivity index (χ4n) is 5.13. The minimum Gasteiger partial charge on any atom is -0.485 e. The number of fused-ring (bicyclic) bond motifs is 1. The number of halogens is 1. The molecule has 1 fully saturated rings. The summed E-state index contributed by atoms with van der Waals surface area (Å²) in [6.07, 6.45) is 4.72. The number of aromatic nitrogens is 3. The number of nitrogens with zero attached hydrogens (tertiary/aromatic N) is 4. The van der Waals surface area contributed by atoms with Crippen molar-refractivity contribution in [2.45, 2.75) is 48.3 Å². The lowest BCUT2D eigenvalue weighted by Gasteiger charge is -2.41. The highest BCUT2D eigenvalue weighted by atomic mass is 35.5. The van der Waals surface area contributed by atoms with Crippen LogP contribution in [0, 0.1) is 6.92 Å². The van der Waals surface area contributed by atoms with E-state index in [-0.39, 0.29) is 11.8 Å². The fraction of sp³-hybridized carbons (Fsp3) is 0.286. The summed E-state index contributed by atoms with van der Waals surface area (Å²) in [7, 11) is 0. The van der Waals surface area contributed by atoms with Gasteiger partial charge in [-0.1, -0.05) is 47.6 Å². The Bertz CT molecular complexity index is 1530. The second kappa shape index (κ2) is 9.72. The Kier molecular flexibility index (Phi) is 6.37. The van der Waals surface area contributed by atoms with Crippen molar-refractivity contribution in [3.8, 4) is 17.2 Å². The number of ketones is 1. The molecule has 1 atom stereocenters. The fourth-order valence-corrected chi connectivity index (χ4v) is 6.27. The topological polar surface area (TPSA) is 107 Å². The molecule has 0 bridgehead atoms. The molecule has 6 rings (SSSR count). The van der Waals surface area contributed by atoms with E-state index in [0.717, 1.165) is 34.7 Å². The standard InChI is InChI=1S/C28H26ClN5O3S/c1-16-15-36-27(32-16)19-7-5-9-21(23(19)29)38-22-14-31-26(24(33-22)17(2)35)34-12-10-28(11-13-34)25(30)18-6-3-4-8-20(18)37-28/h3-9,14-15,25H,10-13,30H2,1-2H3/t25-/m1/s1. The Morgan fingerprint density at radius 2 is 1.95 bits per heavy atom. The third-order valence-electron chi connectivity index (χ3n) is 7.14. The summed E-state index contributed by atoms with van der Waals surface area (Å²) in [6, 6.07) is 13.4. The summed E-state index contributed by atoms with van der Waals surface area (Å²) in [5.41, 5.74) is 9.03. The molecule has 2 aliphatic rings. The zero-order valence-corrected chi connectivity index (χ0v) is 22.6. The van der Waals surface area contributed by atoms with Crippen molar-refractivity contribution < 1.29 is 13.9 Å². The summed E-state index contributed by atoms with van der Waals surface area (Å²) in [5.74, 6) is 1.75. The molecular weight excluding hydrogens is 522 g/mol. The maximum atomic E-state index is 12.6. The van der Waals surface area contributed by atoms with Crippen molar-refractivity contribution >= 4 is 35.0 Å². The molecule has 4 heterocycles. The van der Waals surface area contributed by atoms with Gasteiger partial charge in [-0.25, -0.2) is 15.0 Å². The zero-order valence-electron chi connectivity index (χ0n) is 21.0. The van der Waals surface area contributed by atoms with E-state index in [0.29, 0.717) is 46.1 Å². The van der Waals surface area contributed by atoms with Crippen molar-refractivity contribution in [2.75, 3.05) is 18.0 Å². The van der Waals surface area contributed by atoms with E-state index in [1.54, 1.807) is 12.5 Å². The van der Waals surface area contributed by atoms with E-state index in [1.807, 2.05) is 49.4 Å². The molecular formula is C28H26ClN5O3S. The summed E-state index contributed by atoms with van der Waals surface area (Å²) in [5, 5.41) is 1.08. The Hall–Kier alpha value is -3.40. The predicted molar refractivity (Wildman–Crippen MR) is 146 cm³/mol. The Morgan fingerprint density at radius 1 is 1.16 bits per heavy atom. The lowest BCUT2D eigenvalue weighted by molar-refractivity contribution is 0.0430. The monoisotopic (exact) mass is 547 g/mol. The molecule has 1 spiro atoms. The first-order valence-electron chi connectivity index (χ1n) is 12.4. The van der Waals surface area contributed by atoms with Gasteiger partial charge in [0.05, 0.1) is 28.5 Å². The molecule has 0 radical (unpaired) electrons. The van der Waals surface area contributed by atoms with Gasteiger partial charge < -0.3 is 19.8 Å². The number of rotatable bonds is 5. The van der Waals surface area contributed by atoms with E-state index in [9.17, 15) is 4.79 Å². The van der Waals surface area contributed by atoms with E-state index >= 15 is 0 Å². The molecule has 2 aliphatic heterocycles. The van der Waals surface area contributed by atoms with Crippen LogP contribution in [-0.4, -0.2) is 39.4 Å². The van der Waals surface area contributed by atoms with Gasteiger partial charge in [0.25, 0.3) is 0 Å². The largest absolute Gasteiger partial charge is 0.485 e. The Morgan fingerprint density at radius 3 is 2.66 bits per heavy atom. The van der Waals surface area contributed by atoms with Crippen LogP contribution in [0.1, 0.15) is 47.6 Å². The van der Waals surface area contributed by atoms with Crippen LogP contribution in [-0.2, 0) is 0 Å². The second-order valence-corrected chi connectivity index (χ2v) is 11.1. The van der Waals surface area contributed by atoms with E-state index in [2.05, 4.69) is 19.9 Å². The highest BCUT2D eigenvalue weighted by Gasteiger charge is 2.48. The van der Waals surface area contributed by atoms with Crippen molar-refractivity contribution in [3.05, 3.63) is 76.9 Å². The molecule has 2 N–H and O–H groups in total. The quantitative estimate of drug-likeness (QED) is 0.306. The van der Waals surface area contributed by atoms with Gasteiger partial charge in [0.2, 0.25) is 5.89 Å². The maximum Gasteiger partial charge on any atom is 0.227 e. The van der Waals surface area contributed by atoms with E-state index < -0.39 is 5.60 Å². The first kappa shape index (κ1) is 24.9. The molecule has 0 unspecified atom stereocenters. The van der Waals surface area contributed by atoms with Crippen LogP contribution in [0.15, 0.2) is 69.3 Å². The normalized spacial score (nSPS) is 17.9. The average molecular weight is 548 g/mol. The lowest BCUT2D eigenvalue weighted by Crippen LogP contribution is -2.51. The minimum absolute atomic E-state index is 0.147. The number of ether oxygens (including phenoxy) is 1. The second-order valence-electron chi connectivity index (χ2n) is 9.62. The number of piperidine rings is 1. The Balaban J connectivity index is 1.22. The predicted octanol–water partition coefficient (Wildman–Crippen LogP) is 5.88. The molecule has 8 nitrogen and oxygen atoms in total. The Labute approximate surface area is 229 Å². The van der Waals surface area contributed by atoms with Gasteiger partial charge in [-0.15, -0.1) is 0 Å². The van der Waals surface area contributed by atoms with Gasteiger partial charge in [0.1, 0.15) is 28.3 Å². The number of oxazole rings is 1. The van der Waals surface area contributed by atoms with Crippen LogP contribution >= 0.6 is 23.4 Å². The first-order chi connectivity index (χ1) is 18.3. The molecule has 2 aromatic carbocycles. The van der Waals surface area contributed by atoms with Gasteiger partial charge in [-0.3, -0.25) is 4.79 Å². The van der Waals surface area contributed by atoms with Gasteiger partial charge in [-0.05, 0) is 25.1 Å². The maximum absolute atomic E-state index is 12.6. The number of anilines is 1. The average Bonchev–Trinajstić information content (AvgIpc) is 3.47. The van der Waals surface area contributed by atoms with Gasteiger partial charge in [0.15, 0.2) is 11.6 Å². The zero-order chi connectivity index (χ0) is 26.4. The summed E-state index contributed by atoms with van der Waals surface area (Å²) >= 11 is 8.04. The lowest BCUT2D eigenvalue weighted by atomic mass is 9.83. The smallest absolute Gasteiger partial charge is 0.227 e. The first-order valence-corrected chi connectivity index (χ1v) is 13.6. The van der Waals surface area contributed by atoms with Gasteiger partial charge >= 0.3 is 0 Å². The highest BCUT2D eigenvalue weighted by molar-refractivity contribution is 7.99. The molecule has 4 aromatic rings. The molecule has 0 aliphatic carbocycles. The van der Waals surface area contributed by atoms with E-state index in [4.69, 9.17) is 26.5 Å². The van der Waals surface area contributed by atoms with E-state index in [1.165, 1.54) is 18.7 Å². The van der Waals surface area contributed by atoms with Crippen molar-refractivity contribution in [3.63, 3.8) is 0 Å². The summed E-state index contributed by atoms with van der Waals surface area (Å²) in [6.45, 7) is 4.69. The van der Waals surface area contributed by atoms with Crippen molar-refractivity contribution in [2.24, 2.45) is 5.73 Å². The number of para-hydroxylation sites is 1. The SMILES string of the molecule is CC(=O)c1nc(Sc2cccc(-c3nc(C)co3)c2Cl)cnc1N1CCC2(CC1)Oc1ccccc1[C@H]2N. The molecule has 10 heteroatoms. The van der Waals surface area contributed by atoms with Crippen molar-refractivity contribution in [1.29, 1.82) is 0 Å². The molecule has 194 valence electrons. The molecule has 0 saturated carbocycles. The summed E-state index contributed by atoms with van der Waals surface area (Å²) in [4.78, 5) is 29.3. The molecule has 2 aromatic heterocycles. The van der Waals surface area contributed by atoms with Crippen LogP contribution in [0.5, 0.6) is 5.75 Å². The van der Waals surface area contributed by atoms with Crippen LogP contribution < -0.4 is 15.4 Å². The molecule has 38 heavy (non-hydrogen) atoms. The highest BCUT2D eigenvalue weighted by Crippen LogP contribution is 2.47. The van der Waals surface area contributed by atoms with Gasteiger partial charge in [-0.2, -0.15) is 0 Å². The van der Waals surface area contributed by atoms with Crippen LogP contribution in [0.4, 0.5) is 5.82 Å². The van der Waals surface area contributed by atoms with Crippen LogP contribution in [0.25, 0.3) is 11.5 Å². The number of carbonyl (C=O) groups is 1. The third-order valence-corrected chi connectivity index (χ3v) is 8.62. The number of aryl methyl sites for hydroxylation is 1. The van der Waals surface area contributed by atoms with Crippen LogP contribution in [0.3, 0.4) is 0 Å². The van der Waals surface area contributed by atoms with Gasteiger partial charge in [0, 0.05) is 43.3 Å². The number of carbonyl (C=O) groups excluding carboxylic acids is 1. The third kappa shape index (κ3) is 4.34. The minimum atomic E-state index is -0.442. The van der Waals surface area contributed by atoms with Crippen molar-refractivity contribution in [1.82, 2.24) is 15.0 Å². The number of Topliss-reactive ketones (excluding diaryl/α,β-unsaturated/α-hetero) is 1. The number of hydrogen-bond donors (Lipinski definition) is 1. The summed E-state index contributed by atoms with van der Waals surface area (Å²) < 4.78 is 11.9. The number of nitrogens with two attached hydrogens (primary N) is 1. The van der Waals surface area contributed by atoms with Crippen LogP contribution in [0.2, 0.25) is 5.02 Å². The number of hydrogen-bond acceptors (Lipinski definition) is 9. The molecule has 0 amide bonds. The number of benzene rings is 2.